The Kier molecular flexibility index (Phi) is 4.70. The van der Waals surface area contributed by atoms with Gasteiger partial charge in [-0.2, -0.15) is 0 Å². The van der Waals surface area contributed by atoms with Crippen LogP contribution in [0.2, 0.25) is 0 Å². The van der Waals surface area contributed by atoms with E-state index in [2.05, 4.69) is 15.3 Å². The monoisotopic (exact) mass is 321 g/mol. The average molecular weight is 321 g/mol. The standard InChI is InChI=1S/C19H19N3O2/c1-13-5-4-6-14-11-15(19(24)22-18(13)14)8-9-17(23)21-12-16-7-2-3-10-20-16/h2-7,10-11H,8-9,12H2,1H3,(H,21,23)(H,22,24). The van der Waals surface area contributed by atoms with Crippen LogP contribution in [-0.4, -0.2) is 15.9 Å². The maximum absolute atomic E-state index is 12.2. The number of hydrogen-bond acceptors (Lipinski definition) is 3. The number of fused-ring (bicyclic) bond motifs is 1. The van der Waals surface area contributed by atoms with Crippen molar-refractivity contribution < 1.29 is 4.79 Å². The first-order valence-electron chi connectivity index (χ1n) is 7.91. The van der Waals surface area contributed by atoms with Crippen LogP contribution < -0.4 is 10.9 Å². The van der Waals surface area contributed by atoms with Gasteiger partial charge in [0.2, 0.25) is 5.91 Å². The molecule has 2 heterocycles. The molecule has 0 radical (unpaired) electrons. The van der Waals surface area contributed by atoms with Crippen LogP contribution in [0.5, 0.6) is 0 Å². The molecule has 2 N–H and O–H groups in total. The number of aromatic amines is 1. The molecule has 3 rings (SSSR count). The molecule has 0 fully saturated rings. The number of hydrogen-bond donors (Lipinski definition) is 2. The molecule has 2 aromatic heterocycles. The summed E-state index contributed by atoms with van der Waals surface area (Å²) in [7, 11) is 0. The highest BCUT2D eigenvalue weighted by atomic mass is 16.1. The quantitative estimate of drug-likeness (QED) is 0.758. The second-order valence-corrected chi connectivity index (χ2v) is 5.76. The molecule has 0 bridgehead atoms. The summed E-state index contributed by atoms with van der Waals surface area (Å²) in [5.41, 5.74) is 3.19. The summed E-state index contributed by atoms with van der Waals surface area (Å²) >= 11 is 0. The van der Waals surface area contributed by atoms with Gasteiger partial charge in [0.25, 0.3) is 5.56 Å². The minimum atomic E-state index is -0.130. The number of para-hydroxylation sites is 1. The highest BCUT2D eigenvalue weighted by Crippen LogP contribution is 2.15. The molecule has 3 aromatic rings. The minimum Gasteiger partial charge on any atom is -0.350 e. The SMILES string of the molecule is Cc1cccc2cc(CCC(=O)NCc3ccccn3)c(=O)[nH]c12. The van der Waals surface area contributed by atoms with Crippen LogP contribution in [0, 0.1) is 6.92 Å². The Labute approximate surface area is 139 Å². The van der Waals surface area contributed by atoms with E-state index in [0.717, 1.165) is 22.2 Å². The number of carbonyl (C=O) groups is 1. The van der Waals surface area contributed by atoms with Crippen molar-refractivity contribution in [3.05, 3.63) is 75.8 Å². The third-order valence-electron chi connectivity index (χ3n) is 3.98. The van der Waals surface area contributed by atoms with Crippen molar-refractivity contribution in [2.75, 3.05) is 0 Å². The fraction of sp³-hybridized carbons (Fsp3) is 0.211. The molecular weight excluding hydrogens is 302 g/mol. The van der Waals surface area contributed by atoms with Crippen molar-refractivity contribution >= 4 is 16.8 Å². The zero-order valence-corrected chi connectivity index (χ0v) is 13.5. The van der Waals surface area contributed by atoms with Gasteiger partial charge in [-0.15, -0.1) is 0 Å². The molecule has 0 aliphatic heterocycles. The van der Waals surface area contributed by atoms with Crippen molar-refractivity contribution in [2.45, 2.75) is 26.3 Å². The van der Waals surface area contributed by atoms with Crippen molar-refractivity contribution in [3.8, 4) is 0 Å². The average Bonchev–Trinajstić information content (AvgIpc) is 2.60. The maximum Gasteiger partial charge on any atom is 0.251 e. The Morgan fingerprint density at radius 2 is 2.08 bits per heavy atom. The molecule has 0 aliphatic carbocycles. The summed E-state index contributed by atoms with van der Waals surface area (Å²) in [6, 6.07) is 13.3. The van der Waals surface area contributed by atoms with Gasteiger partial charge in [0.15, 0.2) is 0 Å². The van der Waals surface area contributed by atoms with Crippen molar-refractivity contribution in [1.29, 1.82) is 0 Å². The highest BCUT2D eigenvalue weighted by Gasteiger charge is 2.08. The van der Waals surface area contributed by atoms with Crippen LogP contribution in [0.4, 0.5) is 0 Å². The van der Waals surface area contributed by atoms with Gasteiger partial charge in [0, 0.05) is 18.2 Å². The van der Waals surface area contributed by atoms with Crippen LogP contribution in [0.25, 0.3) is 10.9 Å². The van der Waals surface area contributed by atoms with Gasteiger partial charge in [-0.1, -0.05) is 24.3 Å². The number of benzene rings is 1. The van der Waals surface area contributed by atoms with E-state index >= 15 is 0 Å². The number of H-pyrrole nitrogens is 1. The lowest BCUT2D eigenvalue weighted by atomic mass is 10.1. The van der Waals surface area contributed by atoms with E-state index in [1.54, 1.807) is 6.20 Å². The van der Waals surface area contributed by atoms with Crippen LogP contribution in [0.15, 0.2) is 53.5 Å². The lowest BCUT2D eigenvalue weighted by Gasteiger charge is -2.06. The van der Waals surface area contributed by atoms with Gasteiger partial charge >= 0.3 is 0 Å². The van der Waals surface area contributed by atoms with Gasteiger partial charge in [-0.25, -0.2) is 0 Å². The number of rotatable bonds is 5. The van der Waals surface area contributed by atoms with E-state index in [4.69, 9.17) is 0 Å². The molecule has 1 amide bonds. The van der Waals surface area contributed by atoms with Gasteiger partial charge < -0.3 is 10.3 Å². The zero-order valence-electron chi connectivity index (χ0n) is 13.5. The van der Waals surface area contributed by atoms with Gasteiger partial charge in [0.1, 0.15) is 0 Å². The number of nitrogens with one attached hydrogen (secondary N) is 2. The summed E-state index contributed by atoms with van der Waals surface area (Å²) < 4.78 is 0. The lowest BCUT2D eigenvalue weighted by Crippen LogP contribution is -2.24. The zero-order chi connectivity index (χ0) is 16.9. The summed E-state index contributed by atoms with van der Waals surface area (Å²) in [5.74, 6) is -0.0932. The molecule has 0 spiro atoms. The fourth-order valence-corrected chi connectivity index (χ4v) is 2.64. The predicted molar refractivity (Wildman–Crippen MR) is 93.7 cm³/mol. The summed E-state index contributed by atoms with van der Waals surface area (Å²) in [4.78, 5) is 31.2. The molecule has 0 saturated heterocycles. The first kappa shape index (κ1) is 15.9. The minimum absolute atomic E-state index is 0.0932. The van der Waals surface area contributed by atoms with Gasteiger partial charge in [0.05, 0.1) is 17.8 Å². The summed E-state index contributed by atoms with van der Waals surface area (Å²) in [6.45, 7) is 2.36. The first-order chi connectivity index (χ1) is 11.6. The van der Waals surface area contributed by atoms with Crippen LogP contribution in [0.3, 0.4) is 0 Å². The summed E-state index contributed by atoms with van der Waals surface area (Å²) in [6.07, 6.45) is 2.37. The highest BCUT2D eigenvalue weighted by molar-refractivity contribution is 5.82. The largest absolute Gasteiger partial charge is 0.350 e. The van der Waals surface area contributed by atoms with E-state index in [9.17, 15) is 9.59 Å². The van der Waals surface area contributed by atoms with Gasteiger partial charge in [-0.3, -0.25) is 14.6 Å². The van der Waals surface area contributed by atoms with Crippen molar-refractivity contribution in [3.63, 3.8) is 0 Å². The van der Waals surface area contributed by atoms with E-state index < -0.39 is 0 Å². The molecule has 24 heavy (non-hydrogen) atoms. The number of amides is 1. The van der Waals surface area contributed by atoms with Crippen molar-refractivity contribution in [2.24, 2.45) is 0 Å². The normalized spacial score (nSPS) is 10.7. The van der Waals surface area contributed by atoms with Crippen molar-refractivity contribution in [1.82, 2.24) is 15.3 Å². The second kappa shape index (κ2) is 7.08. The maximum atomic E-state index is 12.2. The molecule has 5 nitrogen and oxygen atoms in total. The third kappa shape index (κ3) is 3.68. The third-order valence-corrected chi connectivity index (χ3v) is 3.98. The van der Waals surface area contributed by atoms with Crippen LogP contribution >= 0.6 is 0 Å². The molecule has 0 atom stereocenters. The molecule has 0 unspecified atom stereocenters. The Bertz CT molecular complexity index is 917. The van der Waals surface area contributed by atoms with E-state index in [0.29, 0.717) is 18.5 Å². The molecular formula is C19H19N3O2. The number of aryl methyl sites for hydroxylation is 2. The molecule has 5 heteroatoms. The van der Waals surface area contributed by atoms with Crippen LogP contribution in [-0.2, 0) is 17.8 Å². The number of pyridine rings is 2. The van der Waals surface area contributed by atoms with Crippen LogP contribution in [0.1, 0.15) is 23.2 Å². The Hall–Kier alpha value is -2.95. The first-order valence-corrected chi connectivity index (χ1v) is 7.91. The predicted octanol–water partition coefficient (Wildman–Crippen LogP) is 2.48. The molecule has 1 aromatic carbocycles. The Balaban J connectivity index is 1.64. The second-order valence-electron chi connectivity index (χ2n) is 5.76. The Morgan fingerprint density at radius 1 is 1.21 bits per heavy atom. The topological polar surface area (TPSA) is 74.8 Å². The van der Waals surface area contributed by atoms with E-state index in [1.165, 1.54) is 0 Å². The number of nitrogens with zero attached hydrogens (tertiary/aromatic N) is 1. The lowest BCUT2D eigenvalue weighted by molar-refractivity contribution is -0.121. The van der Waals surface area contributed by atoms with E-state index in [1.807, 2.05) is 49.4 Å². The number of aromatic nitrogens is 2. The molecule has 0 saturated carbocycles. The fourth-order valence-electron chi connectivity index (χ4n) is 2.64. The van der Waals surface area contributed by atoms with Gasteiger partial charge in [-0.05, 0) is 42.5 Å². The molecule has 122 valence electrons. The number of carbonyl (C=O) groups excluding carboxylic acids is 1. The smallest absolute Gasteiger partial charge is 0.251 e. The Morgan fingerprint density at radius 3 is 2.88 bits per heavy atom. The van der Waals surface area contributed by atoms with E-state index in [-0.39, 0.29) is 17.9 Å². The molecule has 0 aliphatic rings. The summed E-state index contributed by atoms with van der Waals surface area (Å²) in [5, 5.41) is 3.81.